The van der Waals surface area contributed by atoms with Crippen molar-refractivity contribution in [3.05, 3.63) is 63.0 Å². The van der Waals surface area contributed by atoms with Crippen LogP contribution in [-0.4, -0.2) is 55.8 Å². The molecule has 2 aromatic carbocycles. The maximum Gasteiger partial charge on any atom is 0.327 e. The Morgan fingerprint density at radius 2 is 1.77 bits per heavy atom. The number of carbonyl (C=O) groups excluding carboxylic acids is 2. The number of hydrogen-bond donors (Lipinski definition) is 3. The average Bonchev–Trinajstić information content (AvgIpc) is 3.05. The van der Waals surface area contributed by atoms with Crippen LogP contribution >= 0.6 is 47.2 Å². The van der Waals surface area contributed by atoms with Crippen LogP contribution in [0, 0.1) is 0 Å². The molecule has 9 nitrogen and oxygen atoms in total. The number of amides is 2. The van der Waals surface area contributed by atoms with Crippen LogP contribution in [0.2, 0.25) is 10.0 Å². The molecule has 35 heavy (non-hydrogen) atoms. The second kappa shape index (κ2) is 11.5. The second-order valence-electron chi connectivity index (χ2n) is 7.03. The van der Waals surface area contributed by atoms with E-state index in [1.807, 2.05) is 0 Å². The fourth-order valence-electron chi connectivity index (χ4n) is 2.98. The largest absolute Gasteiger partial charge is 0.483 e. The number of hydrogen-bond acceptors (Lipinski definition) is 7. The van der Waals surface area contributed by atoms with Gasteiger partial charge < -0.3 is 20.3 Å². The molecular weight excluding hydrogens is 539 g/mol. The summed E-state index contributed by atoms with van der Waals surface area (Å²) in [4.78, 5) is 48.6. The summed E-state index contributed by atoms with van der Waals surface area (Å²) in [6.45, 7) is -0.355. The predicted octanol–water partition coefficient (Wildman–Crippen LogP) is 4.14. The Morgan fingerprint density at radius 3 is 2.40 bits per heavy atom. The summed E-state index contributed by atoms with van der Waals surface area (Å²) < 4.78 is 5.51. The van der Waals surface area contributed by atoms with Crippen molar-refractivity contribution in [1.29, 1.82) is 0 Å². The molecule has 0 radical (unpaired) electrons. The number of rotatable bonds is 9. The number of ether oxygens (including phenoxy) is 1. The molecule has 13 heteroatoms. The molecule has 2 aromatic rings. The zero-order chi connectivity index (χ0) is 25.7. The summed E-state index contributed by atoms with van der Waals surface area (Å²) in [5, 5.41) is 21.9. The minimum Gasteiger partial charge on any atom is -0.483 e. The van der Waals surface area contributed by atoms with Gasteiger partial charge in [0.25, 0.3) is 11.8 Å². The number of halogens is 2. The van der Waals surface area contributed by atoms with Crippen molar-refractivity contribution >= 4 is 87.0 Å². The third-order valence-electron chi connectivity index (χ3n) is 4.53. The van der Waals surface area contributed by atoms with Crippen LogP contribution in [0.1, 0.15) is 12.0 Å². The van der Waals surface area contributed by atoms with Crippen molar-refractivity contribution in [3.8, 4) is 5.75 Å². The van der Waals surface area contributed by atoms with E-state index in [2.05, 4.69) is 5.32 Å². The van der Waals surface area contributed by atoms with Crippen LogP contribution in [0.5, 0.6) is 5.75 Å². The van der Waals surface area contributed by atoms with Gasteiger partial charge >= 0.3 is 11.9 Å². The Kier molecular flexibility index (Phi) is 8.73. The Labute approximate surface area is 218 Å². The molecule has 182 valence electrons. The molecule has 1 fully saturated rings. The molecular formula is C22H16Cl2N2O7S2. The van der Waals surface area contributed by atoms with Crippen molar-refractivity contribution < 1.29 is 34.1 Å². The monoisotopic (exact) mass is 554 g/mol. The predicted molar refractivity (Wildman–Crippen MR) is 136 cm³/mol. The maximum atomic E-state index is 12.9. The third kappa shape index (κ3) is 6.95. The zero-order valence-electron chi connectivity index (χ0n) is 17.6. The van der Waals surface area contributed by atoms with E-state index in [1.165, 1.54) is 24.3 Å². The number of aliphatic carboxylic acids is 2. The molecule has 1 aliphatic rings. The van der Waals surface area contributed by atoms with Gasteiger partial charge in [-0.3, -0.25) is 19.3 Å². The van der Waals surface area contributed by atoms with Crippen molar-refractivity contribution in [1.82, 2.24) is 4.90 Å². The Morgan fingerprint density at radius 1 is 1.11 bits per heavy atom. The summed E-state index contributed by atoms with van der Waals surface area (Å²) >= 11 is 17.9. The smallest absolute Gasteiger partial charge is 0.327 e. The van der Waals surface area contributed by atoms with Gasteiger partial charge in [0.2, 0.25) is 0 Å². The molecule has 1 aliphatic heterocycles. The van der Waals surface area contributed by atoms with Crippen LogP contribution in [0.25, 0.3) is 6.08 Å². The lowest BCUT2D eigenvalue weighted by Crippen LogP contribution is -2.45. The van der Waals surface area contributed by atoms with Crippen molar-refractivity contribution in [2.75, 3.05) is 11.9 Å². The fraction of sp³-hybridized carbons (Fsp3) is 0.136. The van der Waals surface area contributed by atoms with Gasteiger partial charge in [0.15, 0.2) is 6.61 Å². The highest BCUT2D eigenvalue weighted by atomic mass is 35.5. The van der Waals surface area contributed by atoms with Gasteiger partial charge in [-0.25, -0.2) is 4.79 Å². The van der Waals surface area contributed by atoms with Gasteiger partial charge in [0, 0.05) is 21.3 Å². The maximum absolute atomic E-state index is 12.9. The SMILES string of the molecule is O=C(O)CC(C(=O)O)N1C(=O)/C(=C/c2cc(Cl)ccc2OCC(=O)Nc2ccc(Cl)cc2)SC1=S. The molecule has 3 N–H and O–H groups in total. The molecule has 0 bridgehead atoms. The van der Waals surface area contributed by atoms with Crippen LogP contribution < -0.4 is 10.1 Å². The fourth-order valence-corrected chi connectivity index (χ4v) is 4.64. The minimum absolute atomic E-state index is 0.0457. The average molecular weight is 555 g/mol. The molecule has 0 aliphatic carbocycles. The third-order valence-corrected chi connectivity index (χ3v) is 6.35. The number of carboxylic acids is 2. The number of nitrogens with zero attached hydrogens (tertiary/aromatic N) is 1. The lowest BCUT2D eigenvalue weighted by Gasteiger charge is -2.21. The normalized spacial score (nSPS) is 15.3. The number of benzene rings is 2. The van der Waals surface area contributed by atoms with E-state index < -0.39 is 36.2 Å². The van der Waals surface area contributed by atoms with Gasteiger partial charge in [0.1, 0.15) is 16.1 Å². The number of carboxylic acid groups (broad SMARTS) is 2. The van der Waals surface area contributed by atoms with Crippen molar-refractivity contribution in [2.45, 2.75) is 12.5 Å². The second-order valence-corrected chi connectivity index (χ2v) is 9.58. The summed E-state index contributed by atoms with van der Waals surface area (Å²) in [7, 11) is 0. The van der Waals surface area contributed by atoms with Crippen LogP contribution in [0.15, 0.2) is 47.4 Å². The molecule has 2 amide bonds. The molecule has 0 aromatic heterocycles. The van der Waals surface area contributed by atoms with E-state index in [4.69, 9.17) is 45.3 Å². The number of carbonyl (C=O) groups is 4. The number of thioether (sulfide) groups is 1. The van der Waals surface area contributed by atoms with Gasteiger partial charge in [-0.1, -0.05) is 47.2 Å². The molecule has 3 rings (SSSR count). The molecule has 1 heterocycles. The molecule has 0 spiro atoms. The zero-order valence-corrected chi connectivity index (χ0v) is 20.7. The van der Waals surface area contributed by atoms with Gasteiger partial charge in [-0.2, -0.15) is 0 Å². The summed E-state index contributed by atoms with van der Waals surface area (Å²) in [6.07, 6.45) is 0.570. The van der Waals surface area contributed by atoms with Gasteiger partial charge in [0.05, 0.1) is 11.3 Å². The van der Waals surface area contributed by atoms with E-state index >= 15 is 0 Å². The standard InChI is InChI=1S/C22H16Cl2N2O7S2/c23-12-1-4-14(5-2-12)25-18(27)10-33-16-6-3-13(24)7-11(16)8-17-20(30)26(22(34)35-17)15(21(31)32)9-19(28)29/h1-8,15H,9-10H2,(H,25,27)(H,28,29)(H,31,32)/b17-8-. The number of thiocarbonyl (C=S) groups is 1. The minimum atomic E-state index is -1.66. The highest BCUT2D eigenvalue weighted by Crippen LogP contribution is 2.36. The molecule has 1 atom stereocenters. The molecule has 0 saturated carbocycles. The first-order valence-corrected chi connectivity index (χ1v) is 11.7. The van der Waals surface area contributed by atoms with Crippen LogP contribution in [0.4, 0.5) is 5.69 Å². The van der Waals surface area contributed by atoms with Gasteiger partial charge in [-0.05, 0) is 48.5 Å². The number of nitrogens with one attached hydrogen (secondary N) is 1. The van der Waals surface area contributed by atoms with Crippen molar-refractivity contribution in [3.63, 3.8) is 0 Å². The number of anilines is 1. The molecule has 1 saturated heterocycles. The summed E-state index contributed by atoms with van der Waals surface area (Å²) in [6, 6.07) is 9.38. The highest BCUT2D eigenvalue weighted by Gasteiger charge is 2.41. The topological polar surface area (TPSA) is 133 Å². The summed E-state index contributed by atoms with van der Waals surface area (Å²) in [5.74, 6) is -3.87. The lowest BCUT2D eigenvalue weighted by atomic mass is 10.1. The first kappa shape index (κ1) is 26.5. The first-order valence-electron chi connectivity index (χ1n) is 9.74. The molecule has 1 unspecified atom stereocenters. The van der Waals surface area contributed by atoms with Gasteiger partial charge in [-0.15, -0.1) is 0 Å². The van der Waals surface area contributed by atoms with E-state index in [0.29, 0.717) is 21.3 Å². The van der Waals surface area contributed by atoms with E-state index in [1.54, 1.807) is 24.3 Å². The van der Waals surface area contributed by atoms with E-state index in [-0.39, 0.29) is 21.6 Å². The highest BCUT2D eigenvalue weighted by molar-refractivity contribution is 8.26. The van der Waals surface area contributed by atoms with E-state index in [0.717, 1.165) is 16.7 Å². The van der Waals surface area contributed by atoms with Crippen LogP contribution in [0.3, 0.4) is 0 Å². The Balaban J connectivity index is 1.78. The first-order chi connectivity index (χ1) is 16.5. The quantitative estimate of drug-likeness (QED) is 0.308. The van der Waals surface area contributed by atoms with Crippen LogP contribution in [-0.2, 0) is 19.2 Å². The Hall–Kier alpha value is -3.12. The Bertz CT molecular complexity index is 1230. The van der Waals surface area contributed by atoms with Crippen molar-refractivity contribution in [2.24, 2.45) is 0 Å². The summed E-state index contributed by atoms with van der Waals surface area (Å²) in [5.41, 5.74) is 0.861. The lowest BCUT2D eigenvalue weighted by molar-refractivity contribution is -0.150. The van der Waals surface area contributed by atoms with E-state index in [9.17, 15) is 24.3 Å².